The van der Waals surface area contributed by atoms with Crippen molar-refractivity contribution in [2.45, 2.75) is 33.4 Å². The van der Waals surface area contributed by atoms with Gasteiger partial charge in [0.15, 0.2) is 5.82 Å². The number of piperazine rings is 1. The van der Waals surface area contributed by atoms with Gasteiger partial charge in [-0.3, -0.25) is 9.69 Å². The van der Waals surface area contributed by atoms with Crippen molar-refractivity contribution in [3.8, 4) is 5.75 Å². The molecule has 9 heteroatoms. The predicted octanol–water partition coefficient (Wildman–Crippen LogP) is 2.92. The lowest BCUT2D eigenvalue weighted by atomic mass is 9.99. The molecular formula is C27H33N7O2. The molecule has 1 aliphatic rings. The molecule has 1 unspecified atom stereocenters. The summed E-state index contributed by atoms with van der Waals surface area (Å²) >= 11 is 0. The minimum atomic E-state index is -0.355. The van der Waals surface area contributed by atoms with E-state index in [1.54, 1.807) is 7.11 Å². The van der Waals surface area contributed by atoms with Gasteiger partial charge in [-0.1, -0.05) is 31.2 Å². The molecule has 2 aromatic carbocycles. The lowest BCUT2D eigenvalue weighted by molar-refractivity contribution is 0.108. The number of ether oxygens (including phenoxy) is 1. The molecule has 0 bridgehead atoms. The largest absolute Gasteiger partial charge is 0.497 e. The molecule has 5 rings (SSSR count). The number of aryl methyl sites for hydroxylation is 2. The summed E-state index contributed by atoms with van der Waals surface area (Å²) < 4.78 is 7.10. The van der Waals surface area contributed by atoms with Crippen LogP contribution in [0.2, 0.25) is 0 Å². The molecule has 1 aliphatic heterocycles. The van der Waals surface area contributed by atoms with Crippen molar-refractivity contribution in [2.24, 2.45) is 0 Å². The Balaban J connectivity index is 1.58. The summed E-state index contributed by atoms with van der Waals surface area (Å²) in [4.78, 5) is 21.5. The van der Waals surface area contributed by atoms with Crippen molar-refractivity contribution >= 4 is 10.9 Å². The average Bonchev–Trinajstić information content (AvgIpc) is 3.35. The van der Waals surface area contributed by atoms with E-state index in [9.17, 15) is 4.79 Å². The fraction of sp³-hybridized carbons (Fsp3) is 0.407. The number of methoxy groups -OCH3 is 1. The van der Waals surface area contributed by atoms with Crippen LogP contribution in [0.5, 0.6) is 5.75 Å². The van der Waals surface area contributed by atoms with Gasteiger partial charge >= 0.3 is 0 Å². The Morgan fingerprint density at radius 2 is 1.81 bits per heavy atom. The first-order valence-corrected chi connectivity index (χ1v) is 12.5. The van der Waals surface area contributed by atoms with Crippen molar-refractivity contribution in [1.82, 2.24) is 35.0 Å². The van der Waals surface area contributed by atoms with Gasteiger partial charge < -0.3 is 14.6 Å². The molecule has 36 heavy (non-hydrogen) atoms. The Hall–Kier alpha value is -3.56. The van der Waals surface area contributed by atoms with Gasteiger partial charge in [0.2, 0.25) is 0 Å². The monoisotopic (exact) mass is 487 g/mol. The standard InChI is InChI=1S/C27H33N7O2/c1-5-32-12-14-33(15-13-32)25(23-16-21-9-6-18(2)19(3)24(21)28-27(23)35)26-29-30-31-34(26)17-20-7-10-22(36-4)11-8-20/h6-11,16,25H,5,12-15,17H2,1-4H3,(H,28,35). The number of tetrazole rings is 1. The fourth-order valence-electron chi connectivity index (χ4n) is 5.01. The fourth-order valence-corrected chi connectivity index (χ4v) is 5.01. The second-order valence-corrected chi connectivity index (χ2v) is 9.44. The van der Waals surface area contributed by atoms with Crippen molar-refractivity contribution in [2.75, 3.05) is 39.8 Å². The first-order valence-electron chi connectivity index (χ1n) is 12.5. The van der Waals surface area contributed by atoms with Gasteiger partial charge in [0, 0.05) is 31.7 Å². The summed E-state index contributed by atoms with van der Waals surface area (Å²) in [5.41, 5.74) is 4.75. The van der Waals surface area contributed by atoms with E-state index in [1.165, 1.54) is 0 Å². The molecule has 9 nitrogen and oxygen atoms in total. The van der Waals surface area contributed by atoms with Gasteiger partial charge in [0.05, 0.1) is 19.2 Å². The molecule has 1 N–H and O–H groups in total. The van der Waals surface area contributed by atoms with Gasteiger partial charge in [-0.2, -0.15) is 0 Å². The van der Waals surface area contributed by atoms with Crippen LogP contribution in [0.3, 0.4) is 0 Å². The number of nitrogens with zero attached hydrogens (tertiary/aromatic N) is 6. The predicted molar refractivity (Wildman–Crippen MR) is 139 cm³/mol. The first kappa shape index (κ1) is 24.1. The number of hydrogen-bond acceptors (Lipinski definition) is 7. The maximum Gasteiger partial charge on any atom is 0.253 e. The minimum absolute atomic E-state index is 0.0990. The molecule has 1 saturated heterocycles. The Morgan fingerprint density at radius 1 is 1.06 bits per heavy atom. The third-order valence-electron chi connectivity index (χ3n) is 7.39. The summed E-state index contributed by atoms with van der Waals surface area (Å²) in [6.07, 6.45) is 0. The Morgan fingerprint density at radius 3 is 2.50 bits per heavy atom. The Labute approximate surface area is 210 Å². The molecule has 2 aromatic heterocycles. The van der Waals surface area contributed by atoms with E-state index in [-0.39, 0.29) is 11.6 Å². The van der Waals surface area contributed by atoms with Gasteiger partial charge in [0.1, 0.15) is 11.8 Å². The van der Waals surface area contributed by atoms with Crippen LogP contribution >= 0.6 is 0 Å². The van der Waals surface area contributed by atoms with E-state index in [0.717, 1.165) is 66.1 Å². The molecule has 0 saturated carbocycles. The van der Waals surface area contributed by atoms with Gasteiger partial charge in [0.25, 0.3) is 5.56 Å². The van der Waals surface area contributed by atoms with Crippen LogP contribution in [0.1, 0.15) is 41.0 Å². The van der Waals surface area contributed by atoms with Gasteiger partial charge in [-0.05, 0) is 71.1 Å². The highest BCUT2D eigenvalue weighted by Crippen LogP contribution is 2.29. The highest BCUT2D eigenvalue weighted by molar-refractivity contribution is 5.83. The molecule has 1 atom stereocenters. The minimum Gasteiger partial charge on any atom is -0.497 e. The highest BCUT2D eigenvalue weighted by Gasteiger charge is 2.32. The summed E-state index contributed by atoms with van der Waals surface area (Å²) in [7, 11) is 1.65. The number of aromatic amines is 1. The second kappa shape index (κ2) is 10.2. The Kier molecular flexibility index (Phi) is 6.84. The highest BCUT2D eigenvalue weighted by atomic mass is 16.5. The maximum atomic E-state index is 13.6. The van der Waals surface area contributed by atoms with Crippen molar-refractivity contribution in [3.05, 3.63) is 80.9 Å². The van der Waals surface area contributed by atoms with Crippen molar-refractivity contribution in [1.29, 1.82) is 0 Å². The first-order chi connectivity index (χ1) is 17.5. The van der Waals surface area contributed by atoms with Crippen LogP contribution < -0.4 is 10.3 Å². The molecule has 4 aromatic rings. The smallest absolute Gasteiger partial charge is 0.253 e. The molecule has 0 aliphatic carbocycles. The molecule has 0 spiro atoms. The summed E-state index contributed by atoms with van der Waals surface area (Å²) in [6, 6.07) is 13.7. The number of hydrogen-bond donors (Lipinski definition) is 1. The lowest BCUT2D eigenvalue weighted by Gasteiger charge is -2.38. The number of fused-ring (bicyclic) bond motifs is 1. The van der Waals surface area contributed by atoms with Crippen LogP contribution in [0, 0.1) is 13.8 Å². The van der Waals surface area contributed by atoms with Crippen LogP contribution in [-0.4, -0.2) is 74.8 Å². The molecule has 188 valence electrons. The molecular weight excluding hydrogens is 454 g/mol. The topological polar surface area (TPSA) is 92.2 Å². The van der Waals surface area contributed by atoms with E-state index < -0.39 is 0 Å². The van der Waals surface area contributed by atoms with Crippen LogP contribution in [0.4, 0.5) is 0 Å². The number of H-pyrrole nitrogens is 1. The van der Waals surface area contributed by atoms with Gasteiger partial charge in [-0.25, -0.2) is 4.68 Å². The third-order valence-corrected chi connectivity index (χ3v) is 7.39. The number of benzene rings is 2. The quantitative estimate of drug-likeness (QED) is 0.429. The van der Waals surface area contributed by atoms with E-state index in [4.69, 9.17) is 4.74 Å². The van der Waals surface area contributed by atoms with E-state index in [1.807, 2.05) is 41.9 Å². The van der Waals surface area contributed by atoms with Crippen molar-refractivity contribution < 1.29 is 4.74 Å². The molecule has 0 amide bonds. The van der Waals surface area contributed by atoms with E-state index >= 15 is 0 Å². The van der Waals surface area contributed by atoms with E-state index in [0.29, 0.717) is 17.9 Å². The normalized spacial score (nSPS) is 15.9. The number of nitrogens with one attached hydrogen (secondary N) is 1. The lowest BCUT2D eigenvalue weighted by Crippen LogP contribution is -2.49. The number of aromatic nitrogens is 5. The second-order valence-electron chi connectivity index (χ2n) is 9.44. The average molecular weight is 488 g/mol. The SMILES string of the molecule is CCN1CCN(C(c2cc3ccc(C)c(C)c3[nH]c2=O)c2nnnn2Cc2ccc(OC)cc2)CC1. The Bertz CT molecular complexity index is 1400. The maximum absolute atomic E-state index is 13.6. The number of likely N-dealkylation sites (N-methyl/N-ethyl adjacent to an activating group) is 1. The summed E-state index contributed by atoms with van der Waals surface area (Å²) in [5, 5.41) is 13.8. The number of pyridine rings is 1. The van der Waals surface area contributed by atoms with E-state index in [2.05, 4.69) is 56.3 Å². The molecule has 1 fully saturated rings. The van der Waals surface area contributed by atoms with Crippen LogP contribution in [0.25, 0.3) is 10.9 Å². The van der Waals surface area contributed by atoms with Crippen molar-refractivity contribution in [3.63, 3.8) is 0 Å². The third kappa shape index (κ3) is 4.64. The number of rotatable bonds is 7. The zero-order valence-electron chi connectivity index (χ0n) is 21.4. The van der Waals surface area contributed by atoms with Gasteiger partial charge in [-0.15, -0.1) is 5.10 Å². The zero-order chi connectivity index (χ0) is 25.2. The summed E-state index contributed by atoms with van der Waals surface area (Å²) in [5.74, 6) is 1.47. The summed E-state index contributed by atoms with van der Waals surface area (Å²) in [6.45, 7) is 11.4. The zero-order valence-corrected chi connectivity index (χ0v) is 21.4. The molecule has 3 heterocycles. The van der Waals surface area contributed by atoms with Crippen LogP contribution in [0.15, 0.2) is 47.3 Å². The van der Waals surface area contributed by atoms with Crippen LogP contribution in [-0.2, 0) is 6.54 Å². The molecule has 0 radical (unpaired) electrons.